The minimum absolute atomic E-state index is 0.185. The summed E-state index contributed by atoms with van der Waals surface area (Å²) in [7, 11) is 0. The van der Waals surface area contributed by atoms with Gasteiger partial charge in [0.2, 0.25) is 11.8 Å². The van der Waals surface area contributed by atoms with Crippen molar-refractivity contribution < 1.29 is 9.59 Å². The molecule has 2 amide bonds. The molecule has 1 unspecified atom stereocenters. The summed E-state index contributed by atoms with van der Waals surface area (Å²) in [4.78, 5) is 30.7. The van der Waals surface area contributed by atoms with Crippen molar-refractivity contribution in [3.8, 4) is 11.3 Å². The standard InChI is InChI=1S/C20H17ClN4O2/c1-12-18(14-6-8-22-9-7-14)23-24-19(12)25-17(26)11-15(20(25)27)10-13-2-4-16(21)5-3-13/h2-9,15H,10-11H2,1H3,(H,23,24). The van der Waals surface area contributed by atoms with Crippen LogP contribution in [0, 0.1) is 12.8 Å². The van der Waals surface area contributed by atoms with E-state index in [9.17, 15) is 9.59 Å². The highest BCUT2D eigenvalue weighted by Crippen LogP contribution is 2.33. The molecule has 1 N–H and O–H groups in total. The first kappa shape index (κ1) is 17.4. The Kier molecular flexibility index (Phi) is 4.49. The molecule has 1 saturated heterocycles. The molecule has 0 radical (unpaired) electrons. The zero-order valence-electron chi connectivity index (χ0n) is 14.6. The van der Waals surface area contributed by atoms with Crippen molar-refractivity contribution in [3.63, 3.8) is 0 Å². The molecule has 0 saturated carbocycles. The number of aromatic nitrogens is 3. The van der Waals surface area contributed by atoms with Crippen LogP contribution in [-0.2, 0) is 16.0 Å². The van der Waals surface area contributed by atoms with Crippen LogP contribution in [0.5, 0.6) is 0 Å². The average molecular weight is 381 g/mol. The van der Waals surface area contributed by atoms with E-state index in [0.717, 1.165) is 16.7 Å². The van der Waals surface area contributed by atoms with E-state index < -0.39 is 0 Å². The predicted molar refractivity (Wildman–Crippen MR) is 102 cm³/mol. The van der Waals surface area contributed by atoms with Crippen LogP contribution in [0.4, 0.5) is 5.82 Å². The summed E-state index contributed by atoms with van der Waals surface area (Å²) >= 11 is 5.91. The highest BCUT2D eigenvalue weighted by atomic mass is 35.5. The van der Waals surface area contributed by atoms with Crippen molar-refractivity contribution in [2.24, 2.45) is 5.92 Å². The molecule has 6 nitrogen and oxygen atoms in total. The largest absolute Gasteiger partial charge is 0.274 e. The molecule has 27 heavy (non-hydrogen) atoms. The second-order valence-electron chi connectivity index (χ2n) is 6.58. The molecular formula is C20H17ClN4O2. The van der Waals surface area contributed by atoms with Gasteiger partial charge < -0.3 is 0 Å². The zero-order chi connectivity index (χ0) is 19.0. The van der Waals surface area contributed by atoms with Crippen LogP contribution in [0.15, 0.2) is 48.8 Å². The van der Waals surface area contributed by atoms with Gasteiger partial charge in [-0.25, -0.2) is 4.90 Å². The quantitative estimate of drug-likeness (QED) is 0.702. The van der Waals surface area contributed by atoms with E-state index in [2.05, 4.69) is 15.2 Å². The molecule has 1 atom stereocenters. The summed E-state index contributed by atoms with van der Waals surface area (Å²) in [5.41, 5.74) is 3.32. The molecule has 3 aromatic rings. The molecule has 7 heteroatoms. The topological polar surface area (TPSA) is 79.0 Å². The van der Waals surface area contributed by atoms with Gasteiger partial charge in [0.1, 0.15) is 5.82 Å². The van der Waals surface area contributed by atoms with Crippen LogP contribution in [0.2, 0.25) is 5.02 Å². The Morgan fingerprint density at radius 2 is 1.85 bits per heavy atom. The number of imide groups is 1. The fourth-order valence-electron chi connectivity index (χ4n) is 3.39. The number of nitrogens with one attached hydrogen (secondary N) is 1. The van der Waals surface area contributed by atoms with Gasteiger partial charge in [-0.15, -0.1) is 0 Å². The maximum absolute atomic E-state index is 12.9. The molecule has 136 valence electrons. The Hall–Kier alpha value is -2.99. The second kappa shape index (κ2) is 6.96. The summed E-state index contributed by atoms with van der Waals surface area (Å²) in [6.07, 6.45) is 4.04. The van der Waals surface area contributed by atoms with E-state index in [1.807, 2.05) is 31.2 Å². The van der Waals surface area contributed by atoms with Gasteiger partial charge >= 0.3 is 0 Å². The molecule has 0 spiro atoms. The molecule has 1 aliphatic heterocycles. The first-order valence-electron chi connectivity index (χ1n) is 8.61. The van der Waals surface area contributed by atoms with E-state index in [4.69, 9.17) is 11.6 Å². The van der Waals surface area contributed by atoms with Crippen molar-refractivity contribution in [1.29, 1.82) is 0 Å². The summed E-state index contributed by atoms with van der Waals surface area (Å²) in [6, 6.07) is 11.0. The molecule has 2 aromatic heterocycles. The lowest BCUT2D eigenvalue weighted by atomic mass is 9.98. The van der Waals surface area contributed by atoms with E-state index >= 15 is 0 Å². The number of carbonyl (C=O) groups is 2. The molecule has 3 heterocycles. The Balaban J connectivity index is 1.59. The second-order valence-corrected chi connectivity index (χ2v) is 7.02. The maximum atomic E-state index is 12.9. The number of H-pyrrole nitrogens is 1. The summed E-state index contributed by atoms with van der Waals surface area (Å²) in [6.45, 7) is 1.85. The fraction of sp³-hybridized carbons (Fsp3) is 0.200. The first-order valence-corrected chi connectivity index (χ1v) is 8.99. The lowest BCUT2D eigenvalue weighted by Crippen LogP contribution is -2.31. The normalized spacial score (nSPS) is 17.0. The lowest BCUT2D eigenvalue weighted by molar-refractivity contribution is -0.122. The van der Waals surface area contributed by atoms with Crippen molar-refractivity contribution in [2.45, 2.75) is 19.8 Å². The number of carbonyl (C=O) groups excluding carboxylic acids is 2. The number of nitrogens with zero attached hydrogens (tertiary/aromatic N) is 3. The SMILES string of the molecule is Cc1c(-c2ccncc2)n[nH]c1N1C(=O)CC(Cc2ccc(Cl)cc2)C1=O. The Morgan fingerprint density at radius 1 is 1.15 bits per heavy atom. The number of pyridine rings is 1. The van der Waals surface area contributed by atoms with Crippen LogP contribution < -0.4 is 4.90 Å². The number of hydrogen-bond donors (Lipinski definition) is 1. The lowest BCUT2D eigenvalue weighted by Gasteiger charge is -2.14. The van der Waals surface area contributed by atoms with Crippen molar-refractivity contribution >= 4 is 29.2 Å². The number of amides is 2. The number of benzene rings is 1. The van der Waals surface area contributed by atoms with Gasteiger partial charge in [0.05, 0.1) is 11.6 Å². The van der Waals surface area contributed by atoms with Gasteiger partial charge in [-0.1, -0.05) is 23.7 Å². The number of aromatic amines is 1. The summed E-state index contributed by atoms with van der Waals surface area (Å²) in [5, 5.41) is 7.81. The summed E-state index contributed by atoms with van der Waals surface area (Å²) < 4.78 is 0. The van der Waals surface area contributed by atoms with Gasteiger partial charge in [-0.3, -0.25) is 19.7 Å². The van der Waals surface area contributed by atoms with E-state index in [-0.39, 0.29) is 24.2 Å². The van der Waals surface area contributed by atoms with Crippen molar-refractivity contribution in [2.75, 3.05) is 4.90 Å². The molecule has 4 rings (SSSR count). The smallest absolute Gasteiger partial charge is 0.238 e. The third-order valence-corrected chi connectivity index (χ3v) is 5.05. The highest BCUT2D eigenvalue weighted by molar-refractivity contribution is 6.30. The average Bonchev–Trinajstić information content (AvgIpc) is 3.17. The van der Waals surface area contributed by atoms with Crippen LogP contribution in [-0.4, -0.2) is 27.0 Å². The number of halogens is 1. The zero-order valence-corrected chi connectivity index (χ0v) is 15.4. The first-order chi connectivity index (χ1) is 13.0. The molecule has 0 bridgehead atoms. The molecule has 1 fully saturated rings. The van der Waals surface area contributed by atoms with Crippen molar-refractivity contribution in [1.82, 2.24) is 15.2 Å². The molecule has 1 aliphatic rings. The van der Waals surface area contributed by atoms with Crippen LogP contribution in [0.25, 0.3) is 11.3 Å². The Bertz CT molecular complexity index is 999. The van der Waals surface area contributed by atoms with E-state index in [1.54, 1.807) is 24.5 Å². The number of hydrogen-bond acceptors (Lipinski definition) is 4. The van der Waals surface area contributed by atoms with Crippen LogP contribution in [0.3, 0.4) is 0 Å². The Morgan fingerprint density at radius 3 is 2.56 bits per heavy atom. The van der Waals surface area contributed by atoms with E-state index in [0.29, 0.717) is 23.0 Å². The third kappa shape index (κ3) is 3.24. The fourth-order valence-corrected chi connectivity index (χ4v) is 3.52. The summed E-state index contributed by atoms with van der Waals surface area (Å²) in [5.74, 6) is -0.365. The molecule has 0 aliphatic carbocycles. The maximum Gasteiger partial charge on any atom is 0.238 e. The number of rotatable bonds is 4. The van der Waals surface area contributed by atoms with Crippen molar-refractivity contribution in [3.05, 3.63) is 64.9 Å². The highest BCUT2D eigenvalue weighted by Gasteiger charge is 2.41. The van der Waals surface area contributed by atoms with Gasteiger partial charge in [-0.05, 0) is 43.2 Å². The van der Waals surface area contributed by atoms with Gasteiger partial charge in [0.25, 0.3) is 0 Å². The van der Waals surface area contributed by atoms with Gasteiger partial charge in [0.15, 0.2) is 0 Å². The van der Waals surface area contributed by atoms with Crippen LogP contribution in [0.1, 0.15) is 17.5 Å². The molecular weight excluding hydrogens is 364 g/mol. The minimum Gasteiger partial charge on any atom is -0.274 e. The van der Waals surface area contributed by atoms with Crippen LogP contribution >= 0.6 is 11.6 Å². The van der Waals surface area contributed by atoms with Gasteiger partial charge in [-0.2, -0.15) is 5.10 Å². The monoisotopic (exact) mass is 380 g/mol. The van der Waals surface area contributed by atoms with Gasteiger partial charge in [0, 0.05) is 35.0 Å². The minimum atomic E-state index is -0.384. The number of anilines is 1. The predicted octanol–water partition coefficient (Wildman–Crippen LogP) is 3.56. The molecule has 1 aromatic carbocycles. The Labute approximate surface area is 161 Å². The third-order valence-electron chi connectivity index (χ3n) is 4.80. The van der Waals surface area contributed by atoms with E-state index in [1.165, 1.54) is 4.90 Å².